The van der Waals surface area contributed by atoms with E-state index in [1.807, 2.05) is 0 Å². The normalized spacial score (nSPS) is 17.1. The zero-order chi connectivity index (χ0) is 17.7. The van der Waals surface area contributed by atoms with Crippen molar-refractivity contribution < 1.29 is 14.5 Å². The molecule has 0 aliphatic carbocycles. The molecule has 1 atom stereocenters. The molecular formula is C17H21N3O4. The van der Waals surface area contributed by atoms with Gasteiger partial charge in [0.1, 0.15) is 5.92 Å². The largest absolute Gasteiger partial charge is 0.293 e. The van der Waals surface area contributed by atoms with E-state index in [1.54, 1.807) is 6.92 Å². The Hall–Kier alpha value is -2.57. The summed E-state index contributed by atoms with van der Waals surface area (Å²) in [5.74, 6) is -1.60. The van der Waals surface area contributed by atoms with E-state index >= 15 is 0 Å². The number of carbonyl (C=O) groups excluding carboxylic acids is 2. The van der Waals surface area contributed by atoms with Gasteiger partial charge in [-0.1, -0.05) is 26.2 Å². The summed E-state index contributed by atoms with van der Waals surface area (Å²) in [5.41, 5.74) is 0.660. The number of benzene rings is 1. The van der Waals surface area contributed by atoms with Gasteiger partial charge in [0.25, 0.3) is 11.6 Å². The maximum absolute atomic E-state index is 12.6. The van der Waals surface area contributed by atoms with Gasteiger partial charge >= 0.3 is 0 Å². The van der Waals surface area contributed by atoms with Crippen molar-refractivity contribution >= 4 is 23.1 Å². The molecule has 1 unspecified atom stereocenters. The molecule has 0 spiro atoms. The molecule has 1 aliphatic heterocycles. The number of amides is 1. The molecular weight excluding hydrogens is 310 g/mol. The van der Waals surface area contributed by atoms with Crippen LogP contribution in [0.3, 0.4) is 0 Å². The first-order chi connectivity index (χ1) is 11.5. The fourth-order valence-electron chi connectivity index (χ4n) is 2.69. The number of hydrogen-bond donors (Lipinski definition) is 0. The Morgan fingerprint density at radius 1 is 1.25 bits per heavy atom. The number of nitro benzene ring substituents is 1. The van der Waals surface area contributed by atoms with Crippen LogP contribution < -0.4 is 0 Å². The van der Waals surface area contributed by atoms with Gasteiger partial charge in [0.15, 0.2) is 5.78 Å². The standard InChI is InChI=1S/C17H21N3O4/c1-3-4-5-6-11-19-17(22)15(12(2)18-19)16(21)13-7-9-14(10-8-13)20(23)24/h7-10,15H,3-6,11H2,1-2H3. The molecule has 2 rings (SSSR count). The van der Waals surface area contributed by atoms with Crippen LogP contribution in [0, 0.1) is 16.0 Å². The first-order valence-corrected chi connectivity index (χ1v) is 8.10. The predicted octanol–water partition coefficient (Wildman–Crippen LogP) is 3.19. The second-order valence-electron chi connectivity index (χ2n) is 5.86. The van der Waals surface area contributed by atoms with E-state index in [9.17, 15) is 19.7 Å². The van der Waals surface area contributed by atoms with Gasteiger partial charge in [-0.25, -0.2) is 5.01 Å². The monoisotopic (exact) mass is 331 g/mol. The highest BCUT2D eigenvalue weighted by Gasteiger charge is 2.39. The fourth-order valence-corrected chi connectivity index (χ4v) is 2.69. The second kappa shape index (κ2) is 7.81. The van der Waals surface area contributed by atoms with Crippen LogP contribution >= 0.6 is 0 Å². The molecule has 0 radical (unpaired) electrons. The smallest absolute Gasteiger partial charge is 0.269 e. The van der Waals surface area contributed by atoms with E-state index < -0.39 is 10.8 Å². The maximum atomic E-state index is 12.6. The molecule has 0 saturated carbocycles. The summed E-state index contributed by atoms with van der Waals surface area (Å²) >= 11 is 0. The first kappa shape index (κ1) is 17.8. The van der Waals surface area contributed by atoms with Gasteiger partial charge in [-0.05, 0) is 25.5 Å². The Kier molecular flexibility index (Phi) is 5.78. The highest BCUT2D eigenvalue weighted by atomic mass is 16.6. The lowest BCUT2D eigenvalue weighted by Crippen LogP contribution is -2.33. The van der Waals surface area contributed by atoms with Gasteiger partial charge < -0.3 is 0 Å². The fraction of sp³-hybridized carbons (Fsp3) is 0.471. The predicted molar refractivity (Wildman–Crippen MR) is 89.9 cm³/mol. The lowest BCUT2D eigenvalue weighted by molar-refractivity contribution is -0.384. The lowest BCUT2D eigenvalue weighted by Gasteiger charge is -2.13. The zero-order valence-corrected chi connectivity index (χ0v) is 13.9. The third kappa shape index (κ3) is 3.84. The van der Waals surface area contributed by atoms with Crippen molar-refractivity contribution in [3.63, 3.8) is 0 Å². The Bertz CT molecular complexity index is 667. The molecule has 1 amide bonds. The quantitative estimate of drug-likeness (QED) is 0.240. The van der Waals surface area contributed by atoms with Crippen LogP contribution in [0.15, 0.2) is 29.4 Å². The molecule has 1 aromatic rings. The number of hydrazone groups is 1. The molecule has 0 saturated heterocycles. The Morgan fingerprint density at radius 2 is 1.92 bits per heavy atom. The number of non-ortho nitro benzene ring substituents is 1. The van der Waals surface area contributed by atoms with Gasteiger partial charge in [-0.3, -0.25) is 19.7 Å². The molecule has 1 heterocycles. The number of nitrogens with zero attached hydrogens (tertiary/aromatic N) is 3. The molecule has 0 aromatic heterocycles. The summed E-state index contributed by atoms with van der Waals surface area (Å²) in [6.07, 6.45) is 4.10. The third-order valence-corrected chi connectivity index (χ3v) is 4.05. The average Bonchev–Trinajstić information content (AvgIpc) is 2.85. The summed E-state index contributed by atoms with van der Waals surface area (Å²) in [7, 11) is 0. The number of rotatable bonds is 8. The SMILES string of the molecule is CCCCCCN1N=C(C)C(C(=O)c2ccc([N+](=O)[O-])cc2)C1=O. The molecule has 0 N–H and O–H groups in total. The van der Waals surface area contributed by atoms with Gasteiger partial charge in [0.05, 0.1) is 10.6 Å². The summed E-state index contributed by atoms with van der Waals surface area (Å²) in [5, 5.41) is 16.3. The minimum absolute atomic E-state index is 0.0905. The number of Topliss-reactive ketones (excluding diaryl/α,β-unsaturated/α-hetero) is 1. The molecule has 7 nitrogen and oxygen atoms in total. The minimum Gasteiger partial charge on any atom is -0.293 e. The van der Waals surface area contributed by atoms with E-state index in [0.29, 0.717) is 12.3 Å². The van der Waals surface area contributed by atoms with Gasteiger partial charge in [-0.15, -0.1) is 0 Å². The van der Waals surface area contributed by atoms with Crippen molar-refractivity contribution in [2.24, 2.45) is 11.0 Å². The zero-order valence-electron chi connectivity index (χ0n) is 13.9. The van der Waals surface area contributed by atoms with Crippen molar-refractivity contribution in [3.05, 3.63) is 39.9 Å². The Morgan fingerprint density at radius 3 is 2.50 bits per heavy atom. The number of unbranched alkanes of at least 4 members (excludes halogenated alkanes) is 3. The van der Waals surface area contributed by atoms with Crippen molar-refractivity contribution in [1.29, 1.82) is 0 Å². The highest BCUT2D eigenvalue weighted by Crippen LogP contribution is 2.22. The minimum atomic E-state index is -0.919. The number of ketones is 1. The number of carbonyl (C=O) groups is 2. The average molecular weight is 331 g/mol. The van der Waals surface area contributed by atoms with Crippen molar-refractivity contribution in [1.82, 2.24) is 5.01 Å². The van der Waals surface area contributed by atoms with Crippen LogP contribution in [-0.4, -0.2) is 33.9 Å². The molecule has 1 aromatic carbocycles. The first-order valence-electron chi connectivity index (χ1n) is 8.10. The topological polar surface area (TPSA) is 92.9 Å². The summed E-state index contributed by atoms with van der Waals surface area (Å²) in [4.78, 5) is 35.2. The lowest BCUT2D eigenvalue weighted by atomic mass is 9.93. The Labute approximate surface area is 140 Å². The van der Waals surface area contributed by atoms with Crippen LogP contribution in [0.5, 0.6) is 0 Å². The van der Waals surface area contributed by atoms with Gasteiger partial charge in [0.2, 0.25) is 0 Å². The third-order valence-electron chi connectivity index (χ3n) is 4.05. The highest BCUT2D eigenvalue weighted by molar-refractivity contribution is 6.26. The van der Waals surface area contributed by atoms with Crippen molar-refractivity contribution in [2.75, 3.05) is 6.54 Å². The van der Waals surface area contributed by atoms with Crippen LogP contribution in [0.4, 0.5) is 5.69 Å². The molecule has 7 heteroatoms. The van der Waals surface area contributed by atoms with Gasteiger partial charge in [-0.2, -0.15) is 5.10 Å². The van der Waals surface area contributed by atoms with E-state index in [-0.39, 0.29) is 22.9 Å². The van der Waals surface area contributed by atoms with Gasteiger partial charge in [0, 0.05) is 24.2 Å². The Balaban J connectivity index is 2.05. The van der Waals surface area contributed by atoms with E-state index in [0.717, 1.165) is 25.7 Å². The summed E-state index contributed by atoms with van der Waals surface area (Å²) in [6.45, 7) is 4.29. The molecule has 0 bridgehead atoms. The molecule has 128 valence electrons. The number of nitro groups is 1. The number of hydrogen-bond acceptors (Lipinski definition) is 5. The van der Waals surface area contributed by atoms with Crippen LogP contribution in [0.2, 0.25) is 0 Å². The summed E-state index contributed by atoms with van der Waals surface area (Å²) < 4.78 is 0. The molecule has 24 heavy (non-hydrogen) atoms. The van der Waals surface area contributed by atoms with Crippen LogP contribution in [0.1, 0.15) is 49.9 Å². The molecule has 1 aliphatic rings. The van der Waals surface area contributed by atoms with Crippen LogP contribution in [-0.2, 0) is 4.79 Å². The summed E-state index contributed by atoms with van der Waals surface area (Å²) in [6, 6.07) is 5.29. The van der Waals surface area contributed by atoms with Crippen LogP contribution in [0.25, 0.3) is 0 Å². The van der Waals surface area contributed by atoms with E-state index in [2.05, 4.69) is 12.0 Å². The molecule has 0 fully saturated rings. The van der Waals surface area contributed by atoms with E-state index in [1.165, 1.54) is 29.3 Å². The van der Waals surface area contributed by atoms with E-state index in [4.69, 9.17) is 0 Å². The van der Waals surface area contributed by atoms with Crippen molar-refractivity contribution in [2.45, 2.75) is 39.5 Å². The van der Waals surface area contributed by atoms with Crippen molar-refractivity contribution in [3.8, 4) is 0 Å². The maximum Gasteiger partial charge on any atom is 0.269 e. The second-order valence-corrected chi connectivity index (χ2v) is 5.86.